The van der Waals surface area contributed by atoms with Crippen molar-refractivity contribution in [2.75, 3.05) is 13.1 Å². The van der Waals surface area contributed by atoms with Crippen molar-refractivity contribution in [2.24, 2.45) is 17.6 Å². The van der Waals surface area contributed by atoms with Crippen LogP contribution in [0.15, 0.2) is 24.3 Å². The van der Waals surface area contributed by atoms with Gasteiger partial charge in [0.1, 0.15) is 0 Å². The number of carbonyl (C=O) groups excluding carboxylic acids is 1. The summed E-state index contributed by atoms with van der Waals surface area (Å²) in [7, 11) is 0. The molecule has 0 heterocycles. The van der Waals surface area contributed by atoms with Crippen molar-refractivity contribution in [3.63, 3.8) is 0 Å². The van der Waals surface area contributed by atoms with Crippen molar-refractivity contribution in [1.82, 2.24) is 5.32 Å². The molecular formula is C17H28N2O. The maximum atomic E-state index is 11.9. The van der Waals surface area contributed by atoms with Gasteiger partial charge in [-0.3, -0.25) is 4.79 Å². The maximum absolute atomic E-state index is 11.9. The molecule has 0 spiro atoms. The zero-order valence-electron chi connectivity index (χ0n) is 13.0. The van der Waals surface area contributed by atoms with Crippen molar-refractivity contribution in [1.29, 1.82) is 0 Å². The number of hydrogen-bond donors (Lipinski definition) is 2. The topological polar surface area (TPSA) is 55.1 Å². The van der Waals surface area contributed by atoms with Gasteiger partial charge in [-0.2, -0.15) is 0 Å². The molecule has 0 fully saturated rings. The number of amides is 1. The summed E-state index contributed by atoms with van der Waals surface area (Å²) >= 11 is 0. The van der Waals surface area contributed by atoms with Crippen LogP contribution >= 0.6 is 0 Å². The van der Waals surface area contributed by atoms with Crippen LogP contribution in [0, 0.1) is 18.8 Å². The lowest BCUT2D eigenvalue weighted by Gasteiger charge is -2.16. The molecule has 0 aliphatic rings. The van der Waals surface area contributed by atoms with Crippen molar-refractivity contribution in [3.8, 4) is 0 Å². The Hall–Kier alpha value is -1.35. The highest BCUT2D eigenvalue weighted by Crippen LogP contribution is 2.14. The number of hydrogen-bond acceptors (Lipinski definition) is 2. The first-order valence-corrected chi connectivity index (χ1v) is 7.53. The van der Waals surface area contributed by atoms with Gasteiger partial charge in [0.25, 0.3) is 0 Å². The monoisotopic (exact) mass is 276 g/mol. The molecule has 1 amide bonds. The molecule has 3 heteroatoms. The van der Waals surface area contributed by atoms with Gasteiger partial charge < -0.3 is 11.1 Å². The molecule has 20 heavy (non-hydrogen) atoms. The van der Waals surface area contributed by atoms with Crippen LogP contribution in [0.4, 0.5) is 0 Å². The summed E-state index contributed by atoms with van der Waals surface area (Å²) in [6.45, 7) is 7.70. The first kappa shape index (κ1) is 16.7. The van der Waals surface area contributed by atoms with Gasteiger partial charge in [0.15, 0.2) is 0 Å². The molecule has 1 atom stereocenters. The van der Waals surface area contributed by atoms with Gasteiger partial charge in [0.2, 0.25) is 5.91 Å². The Labute approximate surface area is 122 Å². The molecule has 0 aliphatic heterocycles. The second kappa shape index (κ2) is 8.75. The molecule has 112 valence electrons. The van der Waals surface area contributed by atoms with Crippen LogP contribution in [0.1, 0.15) is 37.8 Å². The predicted molar refractivity (Wildman–Crippen MR) is 84.5 cm³/mol. The van der Waals surface area contributed by atoms with E-state index in [0.717, 1.165) is 12.8 Å². The second-order valence-electron chi connectivity index (χ2n) is 6.02. The van der Waals surface area contributed by atoms with Crippen LogP contribution in [0.3, 0.4) is 0 Å². The average Bonchev–Trinajstić information content (AvgIpc) is 2.37. The molecule has 1 rings (SSSR count). The van der Waals surface area contributed by atoms with E-state index >= 15 is 0 Å². The third kappa shape index (κ3) is 6.71. The van der Waals surface area contributed by atoms with E-state index in [1.165, 1.54) is 11.1 Å². The zero-order valence-corrected chi connectivity index (χ0v) is 13.0. The molecule has 1 aromatic rings. The second-order valence-corrected chi connectivity index (χ2v) is 6.02. The molecule has 3 nitrogen and oxygen atoms in total. The summed E-state index contributed by atoms with van der Waals surface area (Å²) in [5, 5.41) is 2.99. The van der Waals surface area contributed by atoms with Gasteiger partial charge in [-0.05, 0) is 43.7 Å². The standard InChI is InChI=1S/C17H28N2O/c1-13(2)9-16(12-18)11-17(20)19-8-7-15-6-4-5-14(3)10-15/h4-6,10,13,16H,7-9,11-12,18H2,1-3H3,(H,19,20)/t16-/m0/s1. The summed E-state index contributed by atoms with van der Waals surface area (Å²) in [5.41, 5.74) is 8.25. The molecule has 0 aromatic heterocycles. The van der Waals surface area contributed by atoms with E-state index in [-0.39, 0.29) is 5.91 Å². The average molecular weight is 276 g/mol. The van der Waals surface area contributed by atoms with Crippen molar-refractivity contribution < 1.29 is 4.79 Å². The van der Waals surface area contributed by atoms with Gasteiger partial charge in [-0.25, -0.2) is 0 Å². The Kier molecular flexibility index (Phi) is 7.31. The Morgan fingerprint density at radius 3 is 2.70 bits per heavy atom. The number of rotatable bonds is 8. The smallest absolute Gasteiger partial charge is 0.220 e. The van der Waals surface area contributed by atoms with E-state index in [2.05, 4.69) is 50.4 Å². The van der Waals surface area contributed by atoms with Crippen LogP contribution in [-0.2, 0) is 11.2 Å². The SMILES string of the molecule is Cc1cccc(CCNC(=O)C[C@@H](CN)CC(C)C)c1. The van der Waals surface area contributed by atoms with Gasteiger partial charge in [-0.15, -0.1) is 0 Å². The first-order chi connectivity index (χ1) is 9.51. The first-order valence-electron chi connectivity index (χ1n) is 7.53. The van der Waals surface area contributed by atoms with E-state index in [1.54, 1.807) is 0 Å². The summed E-state index contributed by atoms with van der Waals surface area (Å²) in [6, 6.07) is 8.40. The molecule has 1 aromatic carbocycles. The van der Waals surface area contributed by atoms with Crippen LogP contribution < -0.4 is 11.1 Å². The minimum absolute atomic E-state index is 0.119. The lowest BCUT2D eigenvalue weighted by atomic mass is 9.94. The van der Waals surface area contributed by atoms with E-state index in [0.29, 0.717) is 31.3 Å². The molecule has 3 N–H and O–H groups in total. The van der Waals surface area contributed by atoms with Crippen LogP contribution in [0.25, 0.3) is 0 Å². The summed E-state index contributed by atoms with van der Waals surface area (Å²) in [4.78, 5) is 11.9. The number of aryl methyl sites for hydroxylation is 1. The third-order valence-corrected chi connectivity index (χ3v) is 3.43. The molecule has 0 bridgehead atoms. The van der Waals surface area contributed by atoms with E-state index < -0.39 is 0 Å². The van der Waals surface area contributed by atoms with Gasteiger partial charge in [0, 0.05) is 13.0 Å². The quantitative estimate of drug-likeness (QED) is 0.767. The van der Waals surface area contributed by atoms with Crippen LogP contribution in [0.5, 0.6) is 0 Å². The Morgan fingerprint density at radius 1 is 1.35 bits per heavy atom. The van der Waals surface area contributed by atoms with Gasteiger partial charge >= 0.3 is 0 Å². The highest BCUT2D eigenvalue weighted by molar-refractivity contribution is 5.76. The predicted octanol–water partition coefficient (Wildman–Crippen LogP) is 2.66. The zero-order chi connectivity index (χ0) is 15.0. The number of benzene rings is 1. The summed E-state index contributed by atoms with van der Waals surface area (Å²) in [6.07, 6.45) is 2.44. The fraction of sp³-hybridized carbons (Fsp3) is 0.588. The van der Waals surface area contributed by atoms with Crippen molar-refractivity contribution in [2.45, 2.75) is 40.0 Å². The summed E-state index contributed by atoms with van der Waals surface area (Å²) < 4.78 is 0. The fourth-order valence-electron chi connectivity index (χ4n) is 2.48. The fourth-order valence-corrected chi connectivity index (χ4v) is 2.48. The Morgan fingerprint density at radius 2 is 2.10 bits per heavy atom. The normalized spacial score (nSPS) is 12.4. The van der Waals surface area contributed by atoms with Crippen molar-refractivity contribution >= 4 is 5.91 Å². The van der Waals surface area contributed by atoms with E-state index in [9.17, 15) is 4.79 Å². The minimum Gasteiger partial charge on any atom is -0.356 e. The number of nitrogens with two attached hydrogens (primary N) is 1. The highest BCUT2D eigenvalue weighted by atomic mass is 16.1. The Bertz CT molecular complexity index is 415. The van der Waals surface area contributed by atoms with Crippen molar-refractivity contribution in [3.05, 3.63) is 35.4 Å². The molecule has 0 saturated heterocycles. The molecule has 0 radical (unpaired) electrons. The van der Waals surface area contributed by atoms with Gasteiger partial charge in [-0.1, -0.05) is 43.7 Å². The lowest BCUT2D eigenvalue weighted by molar-refractivity contribution is -0.122. The molecule has 0 saturated carbocycles. The molecule has 0 aliphatic carbocycles. The van der Waals surface area contributed by atoms with E-state index in [4.69, 9.17) is 5.73 Å². The van der Waals surface area contributed by atoms with Crippen LogP contribution in [-0.4, -0.2) is 19.0 Å². The summed E-state index contributed by atoms with van der Waals surface area (Å²) in [5.74, 6) is 1.01. The number of carbonyl (C=O) groups is 1. The van der Waals surface area contributed by atoms with E-state index in [1.807, 2.05) is 0 Å². The largest absolute Gasteiger partial charge is 0.356 e. The highest BCUT2D eigenvalue weighted by Gasteiger charge is 2.13. The molecular weight excluding hydrogens is 248 g/mol. The third-order valence-electron chi connectivity index (χ3n) is 3.43. The lowest BCUT2D eigenvalue weighted by Crippen LogP contribution is -2.30. The Balaban J connectivity index is 2.29. The number of nitrogens with one attached hydrogen (secondary N) is 1. The van der Waals surface area contributed by atoms with Gasteiger partial charge in [0.05, 0.1) is 0 Å². The van der Waals surface area contributed by atoms with Crippen LogP contribution in [0.2, 0.25) is 0 Å². The minimum atomic E-state index is 0.119. The molecule has 0 unspecified atom stereocenters. The maximum Gasteiger partial charge on any atom is 0.220 e.